The molecule has 2 heterocycles. The summed E-state index contributed by atoms with van der Waals surface area (Å²) < 4.78 is 4.79. The Balaban J connectivity index is 2.35. The van der Waals surface area contributed by atoms with Gasteiger partial charge in [0, 0.05) is 6.20 Å². The smallest absolute Gasteiger partial charge is 0.259 e. The SMILES string of the molecule is O=C1COCC(=O)N1c1ccnc(Cl)c1. The van der Waals surface area contributed by atoms with Gasteiger partial charge in [0.25, 0.3) is 11.8 Å². The molecule has 0 atom stereocenters. The zero-order valence-corrected chi connectivity index (χ0v) is 8.40. The van der Waals surface area contributed by atoms with Crippen LogP contribution in [0.25, 0.3) is 0 Å². The standard InChI is InChI=1S/C9H7ClN2O3/c10-7-3-6(1-2-11-7)12-8(13)4-15-5-9(12)14/h1-3H,4-5H2. The van der Waals surface area contributed by atoms with Crippen molar-refractivity contribution in [3.8, 4) is 0 Å². The lowest BCUT2D eigenvalue weighted by Crippen LogP contribution is -2.46. The second-order valence-electron chi connectivity index (χ2n) is 2.95. The molecule has 0 aromatic carbocycles. The maximum Gasteiger partial charge on any atom is 0.259 e. The number of aromatic nitrogens is 1. The lowest BCUT2D eigenvalue weighted by Gasteiger charge is -2.24. The Labute approximate surface area is 90.6 Å². The summed E-state index contributed by atoms with van der Waals surface area (Å²) in [5, 5.41) is 0.236. The Morgan fingerprint density at radius 1 is 1.33 bits per heavy atom. The molecule has 2 rings (SSSR count). The molecule has 78 valence electrons. The molecule has 1 fully saturated rings. The third kappa shape index (κ3) is 1.98. The van der Waals surface area contributed by atoms with Crippen LogP contribution < -0.4 is 4.90 Å². The number of ether oxygens (including phenoxy) is 1. The minimum Gasteiger partial charge on any atom is -0.362 e. The van der Waals surface area contributed by atoms with Crippen molar-refractivity contribution in [2.75, 3.05) is 18.1 Å². The number of hydrogen-bond donors (Lipinski definition) is 0. The van der Waals surface area contributed by atoms with Gasteiger partial charge in [-0.25, -0.2) is 9.88 Å². The monoisotopic (exact) mass is 226 g/mol. The largest absolute Gasteiger partial charge is 0.362 e. The van der Waals surface area contributed by atoms with Crippen LogP contribution in [0.3, 0.4) is 0 Å². The van der Waals surface area contributed by atoms with Crippen LogP contribution in [0.15, 0.2) is 18.3 Å². The molecule has 1 aromatic rings. The molecule has 1 aliphatic rings. The highest BCUT2D eigenvalue weighted by molar-refractivity contribution is 6.30. The zero-order valence-electron chi connectivity index (χ0n) is 7.64. The summed E-state index contributed by atoms with van der Waals surface area (Å²) in [6.07, 6.45) is 1.44. The number of pyridine rings is 1. The minimum atomic E-state index is -0.395. The van der Waals surface area contributed by atoms with Gasteiger partial charge in [0.05, 0.1) is 5.69 Å². The minimum absolute atomic E-state index is 0.0916. The van der Waals surface area contributed by atoms with E-state index in [1.165, 1.54) is 12.3 Å². The van der Waals surface area contributed by atoms with Gasteiger partial charge in [-0.05, 0) is 12.1 Å². The van der Waals surface area contributed by atoms with E-state index >= 15 is 0 Å². The Bertz CT molecular complexity index is 406. The second-order valence-corrected chi connectivity index (χ2v) is 3.34. The van der Waals surface area contributed by atoms with Gasteiger partial charge in [-0.15, -0.1) is 0 Å². The molecule has 0 bridgehead atoms. The maximum absolute atomic E-state index is 11.4. The number of morpholine rings is 1. The predicted molar refractivity (Wildman–Crippen MR) is 52.6 cm³/mol. The highest BCUT2D eigenvalue weighted by Gasteiger charge is 2.28. The van der Waals surface area contributed by atoms with Crippen LogP contribution in [0, 0.1) is 0 Å². The summed E-state index contributed by atoms with van der Waals surface area (Å²) >= 11 is 5.67. The fourth-order valence-electron chi connectivity index (χ4n) is 1.31. The molecule has 0 spiro atoms. The van der Waals surface area contributed by atoms with Gasteiger partial charge < -0.3 is 4.74 Å². The predicted octanol–water partition coefficient (Wildman–Crippen LogP) is 0.625. The molecule has 2 amide bonds. The zero-order chi connectivity index (χ0) is 10.8. The third-order valence-corrected chi connectivity index (χ3v) is 2.12. The van der Waals surface area contributed by atoms with Crippen LogP contribution in [-0.2, 0) is 14.3 Å². The summed E-state index contributed by atoms with van der Waals surface area (Å²) in [6, 6.07) is 3.01. The molecule has 0 N–H and O–H groups in total. The van der Waals surface area contributed by atoms with Crippen molar-refractivity contribution in [1.29, 1.82) is 0 Å². The molecular formula is C9H7ClN2O3. The summed E-state index contributed by atoms with van der Waals surface area (Å²) in [4.78, 5) is 27.7. The number of rotatable bonds is 1. The van der Waals surface area contributed by atoms with E-state index < -0.39 is 11.8 Å². The molecule has 5 nitrogen and oxygen atoms in total. The van der Waals surface area contributed by atoms with Crippen LogP contribution in [-0.4, -0.2) is 30.0 Å². The van der Waals surface area contributed by atoms with E-state index in [1.54, 1.807) is 6.07 Å². The van der Waals surface area contributed by atoms with Crippen LogP contribution in [0.1, 0.15) is 0 Å². The van der Waals surface area contributed by atoms with Gasteiger partial charge in [0.2, 0.25) is 0 Å². The fourth-order valence-corrected chi connectivity index (χ4v) is 1.48. The quantitative estimate of drug-likeness (QED) is 0.521. The van der Waals surface area contributed by atoms with E-state index in [0.29, 0.717) is 5.69 Å². The molecule has 1 aliphatic heterocycles. The van der Waals surface area contributed by atoms with Gasteiger partial charge in [-0.3, -0.25) is 9.59 Å². The molecule has 0 aliphatic carbocycles. The fraction of sp³-hybridized carbons (Fsp3) is 0.222. The van der Waals surface area contributed by atoms with E-state index in [2.05, 4.69) is 4.98 Å². The molecule has 0 radical (unpaired) electrons. The molecule has 1 saturated heterocycles. The van der Waals surface area contributed by atoms with E-state index in [9.17, 15) is 9.59 Å². The second kappa shape index (κ2) is 3.96. The molecule has 0 unspecified atom stereocenters. The normalized spacial score (nSPS) is 17.0. The average molecular weight is 227 g/mol. The Kier molecular flexibility index (Phi) is 2.66. The van der Waals surface area contributed by atoms with Crippen LogP contribution in [0.5, 0.6) is 0 Å². The van der Waals surface area contributed by atoms with Gasteiger partial charge in [-0.1, -0.05) is 11.6 Å². The Morgan fingerprint density at radius 3 is 2.60 bits per heavy atom. The van der Waals surface area contributed by atoms with Crippen molar-refractivity contribution in [3.63, 3.8) is 0 Å². The lowest BCUT2D eigenvalue weighted by atomic mass is 10.3. The van der Waals surface area contributed by atoms with Gasteiger partial charge in [0.15, 0.2) is 0 Å². The van der Waals surface area contributed by atoms with Crippen molar-refractivity contribution in [2.24, 2.45) is 0 Å². The van der Waals surface area contributed by atoms with Crippen molar-refractivity contribution in [3.05, 3.63) is 23.5 Å². The van der Waals surface area contributed by atoms with Crippen molar-refractivity contribution in [2.45, 2.75) is 0 Å². The highest BCUT2D eigenvalue weighted by Crippen LogP contribution is 2.19. The first-order chi connectivity index (χ1) is 7.18. The first kappa shape index (κ1) is 10.1. The lowest BCUT2D eigenvalue weighted by molar-refractivity contribution is -0.138. The van der Waals surface area contributed by atoms with Gasteiger partial charge in [-0.2, -0.15) is 0 Å². The summed E-state index contributed by atoms with van der Waals surface area (Å²) in [5.74, 6) is -0.790. The van der Waals surface area contributed by atoms with E-state index in [4.69, 9.17) is 16.3 Å². The van der Waals surface area contributed by atoms with Crippen molar-refractivity contribution >= 4 is 29.1 Å². The molecule has 15 heavy (non-hydrogen) atoms. The van der Waals surface area contributed by atoms with Crippen molar-refractivity contribution in [1.82, 2.24) is 4.98 Å². The number of carbonyl (C=O) groups excluding carboxylic acids is 2. The summed E-state index contributed by atoms with van der Waals surface area (Å²) in [5.41, 5.74) is 0.424. The molecular weight excluding hydrogens is 220 g/mol. The maximum atomic E-state index is 11.4. The molecule has 6 heteroatoms. The van der Waals surface area contributed by atoms with E-state index in [0.717, 1.165) is 4.90 Å². The summed E-state index contributed by atoms with van der Waals surface area (Å²) in [6.45, 7) is -0.183. The first-order valence-electron chi connectivity index (χ1n) is 4.23. The van der Waals surface area contributed by atoms with Crippen LogP contribution in [0.2, 0.25) is 5.15 Å². The number of imide groups is 1. The van der Waals surface area contributed by atoms with Gasteiger partial charge in [0.1, 0.15) is 18.4 Å². The Morgan fingerprint density at radius 2 is 2.00 bits per heavy atom. The topological polar surface area (TPSA) is 59.5 Å². The van der Waals surface area contributed by atoms with E-state index in [-0.39, 0.29) is 18.4 Å². The third-order valence-electron chi connectivity index (χ3n) is 1.92. The van der Waals surface area contributed by atoms with E-state index in [1.807, 2.05) is 0 Å². The molecule has 1 aromatic heterocycles. The number of anilines is 1. The number of nitrogens with zero attached hydrogens (tertiary/aromatic N) is 2. The first-order valence-corrected chi connectivity index (χ1v) is 4.61. The van der Waals surface area contributed by atoms with Crippen LogP contribution >= 0.6 is 11.6 Å². The summed E-state index contributed by atoms with van der Waals surface area (Å²) in [7, 11) is 0. The number of hydrogen-bond acceptors (Lipinski definition) is 4. The average Bonchev–Trinajstić information content (AvgIpc) is 2.17. The highest BCUT2D eigenvalue weighted by atomic mass is 35.5. The Hall–Kier alpha value is -1.46. The van der Waals surface area contributed by atoms with Crippen LogP contribution in [0.4, 0.5) is 5.69 Å². The van der Waals surface area contributed by atoms with Gasteiger partial charge >= 0.3 is 0 Å². The number of amides is 2. The number of halogens is 1. The molecule has 0 saturated carbocycles. The number of carbonyl (C=O) groups is 2. The van der Waals surface area contributed by atoms with Crippen molar-refractivity contribution < 1.29 is 14.3 Å².